The molecule has 0 spiro atoms. The topological polar surface area (TPSA) is 116 Å². The van der Waals surface area contributed by atoms with Crippen LogP contribution in [0.5, 0.6) is 0 Å². The van der Waals surface area contributed by atoms with Gasteiger partial charge in [-0.1, -0.05) is 0 Å². The first-order valence-electron chi connectivity index (χ1n) is 5.13. The highest BCUT2D eigenvalue weighted by molar-refractivity contribution is 5.49. The number of oxazole rings is 1. The minimum Gasteiger partial charge on any atom is -0.444 e. The molecule has 17 heavy (non-hydrogen) atoms. The maximum absolute atomic E-state index is 5.57. The number of aryl methyl sites for hydroxylation is 1. The number of nitrogens with two attached hydrogens (primary N) is 2. The molecule has 7 nitrogen and oxygen atoms in total. The van der Waals surface area contributed by atoms with Crippen LogP contribution in [0.1, 0.15) is 24.6 Å². The number of hydrogen-bond acceptors (Lipinski definition) is 7. The second-order valence-corrected chi connectivity index (χ2v) is 3.71. The van der Waals surface area contributed by atoms with Crippen molar-refractivity contribution >= 4 is 17.6 Å². The van der Waals surface area contributed by atoms with Crippen molar-refractivity contribution in [1.82, 2.24) is 15.0 Å². The Morgan fingerprint density at radius 1 is 1.35 bits per heavy atom. The summed E-state index contributed by atoms with van der Waals surface area (Å²) in [7, 11) is 0. The molecule has 90 valence electrons. The van der Waals surface area contributed by atoms with Crippen LogP contribution in [0.4, 0.5) is 17.6 Å². The summed E-state index contributed by atoms with van der Waals surface area (Å²) in [5.74, 6) is 2.33. The lowest BCUT2D eigenvalue weighted by molar-refractivity contribution is 0.453. The summed E-state index contributed by atoms with van der Waals surface area (Å²) < 4.78 is 5.40. The van der Waals surface area contributed by atoms with Gasteiger partial charge in [0, 0.05) is 6.07 Å². The van der Waals surface area contributed by atoms with Gasteiger partial charge in [-0.25, -0.2) is 4.98 Å². The molecule has 7 heteroatoms. The van der Waals surface area contributed by atoms with Gasteiger partial charge in [-0.3, -0.25) is 0 Å². The largest absolute Gasteiger partial charge is 0.444 e. The van der Waals surface area contributed by atoms with Crippen LogP contribution in [0.25, 0.3) is 0 Å². The highest BCUT2D eigenvalue weighted by atomic mass is 16.4. The lowest BCUT2D eigenvalue weighted by atomic mass is 10.3. The Labute approximate surface area is 98.3 Å². The number of anilines is 3. The molecule has 0 aliphatic heterocycles. The first-order valence-corrected chi connectivity index (χ1v) is 5.13. The van der Waals surface area contributed by atoms with Gasteiger partial charge in [-0.15, -0.1) is 0 Å². The SMILES string of the molecule is Cc1cnc(C(C)Nc2cc(N)nc(N)n2)o1. The molecular weight excluding hydrogens is 220 g/mol. The monoisotopic (exact) mass is 234 g/mol. The fourth-order valence-corrected chi connectivity index (χ4v) is 1.42. The second-order valence-electron chi connectivity index (χ2n) is 3.71. The summed E-state index contributed by atoms with van der Waals surface area (Å²) in [6.45, 7) is 3.74. The molecule has 1 unspecified atom stereocenters. The van der Waals surface area contributed by atoms with Crippen molar-refractivity contribution in [2.45, 2.75) is 19.9 Å². The molecule has 5 N–H and O–H groups in total. The first-order chi connectivity index (χ1) is 8.04. The van der Waals surface area contributed by atoms with E-state index in [9.17, 15) is 0 Å². The van der Waals surface area contributed by atoms with E-state index >= 15 is 0 Å². The Kier molecular flexibility index (Phi) is 2.82. The molecule has 0 fully saturated rings. The second kappa shape index (κ2) is 4.28. The quantitative estimate of drug-likeness (QED) is 0.728. The summed E-state index contributed by atoms with van der Waals surface area (Å²) in [5.41, 5.74) is 11.1. The van der Waals surface area contributed by atoms with Gasteiger partial charge >= 0.3 is 0 Å². The third-order valence-electron chi connectivity index (χ3n) is 2.14. The molecule has 0 aliphatic rings. The third kappa shape index (κ3) is 2.63. The maximum Gasteiger partial charge on any atom is 0.223 e. The van der Waals surface area contributed by atoms with Crippen molar-refractivity contribution in [3.05, 3.63) is 23.9 Å². The molecule has 2 heterocycles. The smallest absolute Gasteiger partial charge is 0.223 e. The summed E-state index contributed by atoms with van der Waals surface area (Å²) >= 11 is 0. The normalized spacial score (nSPS) is 12.4. The highest BCUT2D eigenvalue weighted by Crippen LogP contribution is 2.18. The summed E-state index contributed by atoms with van der Waals surface area (Å²) in [6, 6.07) is 1.47. The van der Waals surface area contributed by atoms with E-state index in [1.165, 1.54) is 0 Å². The van der Waals surface area contributed by atoms with Crippen molar-refractivity contribution in [3.8, 4) is 0 Å². The molecule has 0 saturated carbocycles. The van der Waals surface area contributed by atoms with E-state index in [2.05, 4.69) is 20.3 Å². The van der Waals surface area contributed by atoms with E-state index in [-0.39, 0.29) is 12.0 Å². The van der Waals surface area contributed by atoms with Gasteiger partial charge in [0.15, 0.2) is 0 Å². The summed E-state index contributed by atoms with van der Waals surface area (Å²) in [4.78, 5) is 11.9. The number of nitrogens with zero attached hydrogens (tertiary/aromatic N) is 3. The first kappa shape index (κ1) is 11.2. The zero-order chi connectivity index (χ0) is 12.4. The van der Waals surface area contributed by atoms with Crippen LogP contribution in [-0.2, 0) is 0 Å². The highest BCUT2D eigenvalue weighted by Gasteiger charge is 2.12. The van der Waals surface area contributed by atoms with Crippen molar-refractivity contribution in [3.63, 3.8) is 0 Å². The Morgan fingerprint density at radius 2 is 2.12 bits per heavy atom. The summed E-state index contributed by atoms with van der Waals surface area (Å²) in [6.07, 6.45) is 1.66. The van der Waals surface area contributed by atoms with E-state index in [0.29, 0.717) is 17.5 Å². The molecule has 2 rings (SSSR count). The average Bonchev–Trinajstić information content (AvgIpc) is 2.63. The fraction of sp³-hybridized carbons (Fsp3) is 0.300. The Balaban J connectivity index is 2.15. The van der Waals surface area contributed by atoms with Crippen molar-refractivity contribution in [1.29, 1.82) is 0 Å². The van der Waals surface area contributed by atoms with Gasteiger partial charge in [0.25, 0.3) is 0 Å². The molecule has 0 aromatic carbocycles. The predicted octanol–water partition coefficient (Wildman–Crippen LogP) is 1.11. The number of aromatic nitrogens is 3. The van der Waals surface area contributed by atoms with Crippen molar-refractivity contribution < 1.29 is 4.42 Å². The van der Waals surface area contributed by atoms with Crippen molar-refractivity contribution in [2.75, 3.05) is 16.8 Å². The molecule has 0 radical (unpaired) electrons. The Bertz CT molecular complexity index is 503. The van der Waals surface area contributed by atoms with Gasteiger partial charge in [0.1, 0.15) is 23.4 Å². The van der Waals surface area contributed by atoms with E-state index in [0.717, 1.165) is 5.76 Å². The van der Waals surface area contributed by atoms with E-state index < -0.39 is 0 Å². The minimum atomic E-state index is -0.127. The van der Waals surface area contributed by atoms with Gasteiger partial charge in [0.05, 0.1) is 6.20 Å². The number of nitrogens with one attached hydrogen (secondary N) is 1. The van der Waals surface area contributed by atoms with Gasteiger partial charge in [-0.2, -0.15) is 9.97 Å². The molecule has 2 aromatic heterocycles. The van der Waals surface area contributed by atoms with Crippen LogP contribution in [0.2, 0.25) is 0 Å². The zero-order valence-electron chi connectivity index (χ0n) is 9.64. The van der Waals surface area contributed by atoms with Crippen LogP contribution in [-0.4, -0.2) is 15.0 Å². The third-order valence-corrected chi connectivity index (χ3v) is 2.14. The Hall–Kier alpha value is -2.31. The van der Waals surface area contributed by atoms with Gasteiger partial charge < -0.3 is 21.2 Å². The molecule has 0 aliphatic carbocycles. The lowest BCUT2D eigenvalue weighted by Crippen LogP contribution is -2.10. The molecule has 1 atom stereocenters. The number of nitrogen functional groups attached to an aromatic ring is 2. The molecule has 2 aromatic rings. The predicted molar refractivity (Wildman–Crippen MR) is 64.1 cm³/mol. The minimum absolute atomic E-state index is 0.127. The van der Waals surface area contributed by atoms with Crippen LogP contribution in [0, 0.1) is 6.92 Å². The fourth-order valence-electron chi connectivity index (χ4n) is 1.42. The van der Waals surface area contributed by atoms with Crippen LogP contribution in [0.15, 0.2) is 16.7 Å². The van der Waals surface area contributed by atoms with Crippen LogP contribution >= 0.6 is 0 Å². The standard InChI is InChI=1S/C10H14N6O/c1-5-4-13-9(17-5)6(2)14-8-3-7(11)15-10(12)16-8/h3-4,6H,1-2H3,(H5,11,12,14,15,16). The number of hydrogen-bond donors (Lipinski definition) is 3. The number of rotatable bonds is 3. The van der Waals surface area contributed by atoms with E-state index in [1.807, 2.05) is 13.8 Å². The zero-order valence-corrected chi connectivity index (χ0v) is 9.64. The average molecular weight is 234 g/mol. The van der Waals surface area contributed by atoms with Crippen molar-refractivity contribution in [2.24, 2.45) is 0 Å². The Morgan fingerprint density at radius 3 is 2.71 bits per heavy atom. The maximum atomic E-state index is 5.57. The van der Waals surface area contributed by atoms with E-state index in [4.69, 9.17) is 15.9 Å². The molecule has 0 bridgehead atoms. The lowest BCUT2D eigenvalue weighted by Gasteiger charge is -2.11. The van der Waals surface area contributed by atoms with Crippen LogP contribution in [0.3, 0.4) is 0 Å². The molecule has 0 saturated heterocycles. The molecule has 0 amide bonds. The van der Waals surface area contributed by atoms with E-state index in [1.54, 1.807) is 12.3 Å². The van der Waals surface area contributed by atoms with Gasteiger partial charge in [-0.05, 0) is 13.8 Å². The molecular formula is C10H14N6O. The van der Waals surface area contributed by atoms with Crippen LogP contribution < -0.4 is 16.8 Å². The summed E-state index contributed by atoms with van der Waals surface area (Å²) in [5, 5.41) is 3.09. The van der Waals surface area contributed by atoms with Gasteiger partial charge in [0.2, 0.25) is 11.8 Å².